The molecule has 0 aromatic carbocycles. The number of aliphatic hydroxyl groups excluding tert-OH is 3. The van der Waals surface area contributed by atoms with E-state index < -0.39 is 18.2 Å². The first-order chi connectivity index (χ1) is 35.5. The predicted octanol–water partition coefficient (Wildman–Crippen LogP) is 21.4. The third-order valence-corrected chi connectivity index (χ3v) is 16.1. The van der Waals surface area contributed by atoms with Crippen LogP contribution in [-0.4, -0.2) is 46.1 Å². The summed E-state index contributed by atoms with van der Waals surface area (Å²) in [4.78, 5) is 12.6. The summed E-state index contributed by atoms with van der Waals surface area (Å²) in [6, 6.07) is -0.742. The van der Waals surface area contributed by atoms with Crippen molar-refractivity contribution in [2.24, 2.45) is 0 Å². The minimum atomic E-state index is -0.927. The molecule has 0 aromatic rings. The van der Waals surface area contributed by atoms with Gasteiger partial charge in [0.1, 0.15) is 0 Å². The minimum absolute atomic E-state index is 0.0198. The van der Waals surface area contributed by atoms with E-state index in [-0.39, 0.29) is 18.9 Å². The van der Waals surface area contributed by atoms with Crippen LogP contribution >= 0.6 is 0 Å². The Bertz CT molecular complexity index is 1030. The highest BCUT2D eigenvalue weighted by atomic mass is 16.3. The molecule has 1 amide bonds. The van der Waals surface area contributed by atoms with Crippen LogP contribution in [0.2, 0.25) is 0 Å². The van der Waals surface area contributed by atoms with Crippen LogP contribution in [0.15, 0.2) is 12.2 Å². The summed E-state index contributed by atoms with van der Waals surface area (Å²) in [6.45, 7) is 4.27. The first kappa shape index (κ1) is 71.1. The molecule has 0 saturated heterocycles. The number of carbonyl (C=O) groups excluding carboxylic acids is 1. The number of allylic oxidation sites excluding steroid dienone is 1. The van der Waals surface area contributed by atoms with Crippen molar-refractivity contribution >= 4 is 5.91 Å². The Kier molecular flexibility index (Phi) is 61.8. The molecule has 4 N–H and O–H groups in total. The monoisotopic (exact) mass is 1020 g/mol. The van der Waals surface area contributed by atoms with Crippen LogP contribution in [0.3, 0.4) is 0 Å². The molecule has 0 aliphatic rings. The third kappa shape index (κ3) is 58.4. The van der Waals surface area contributed by atoms with Crippen LogP contribution in [0.1, 0.15) is 386 Å². The predicted molar refractivity (Wildman–Crippen MR) is 319 cm³/mol. The minimum Gasteiger partial charge on any atom is -0.394 e. The van der Waals surface area contributed by atoms with Gasteiger partial charge in [-0.2, -0.15) is 0 Å². The third-order valence-electron chi connectivity index (χ3n) is 16.1. The Morgan fingerprint density at radius 2 is 0.569 bits per heavy atom. The highest BCUT2D eigenvalue weighted by molar-refractivity contribution is 5.76. The lowest BCUT2D eigenvalue weighted by Gasteiger charge is -2.21. The number of amides is 1. The smallest absolute Gasteiger partial charge is 0.222 e. The lowest BCUT2D eigenvalue weighted by atomic mass is 10.0. The number of carbonyl (C=O) groups is 1. The Balaban J connectivity index is 3.45. The lowest BCUT2D eigenvalue weighted by Crippen LogP contribution is -2.45. The molecule has 0 aromatic heterocycles. The van der Waals surface area contributed by atoms with Gasteiger partial charge in [-0.25, -0.2) is 0 Å². The molecular weight excluding hydrogens is 883 g/mol. The second kappa shape index (κ2) is 62.6. The molecule has 0 aliphatic carbocycles. The van der Waals surface area contributed by atoms with E-state index in [0.717, 1.165) is 25.7 Å². The number of rotatable bonds is 63. The van der Waals surface area contributed by atoms with Gasteiger partial charge in [0.2, 0.25) is 5.91 Å². The van der Waals surface area contributed by atoms with Crippen LogP contribution < -0.4 is 5.32 Å². The van der Waals surface area contributed by atoms with Gasteiger partial charge in [-0.3, -0.25) is 4.79 Å². The highest BCUT2D eigenvalue weighted by Crippen LogP contribution is 2.19. The van der Waals surface area contributed by atoms with Gasteiger partial charge >= 0.3 is 0 Å². The molecule has 3 atom stereocenters. The zero-order chi connectivity index (χ0) is 52.2. The molecule has 0 fully saturated rings. The topological polar surface area (TPSA) is 89.8 Å². The van der Waals surface area contributed by atoms with Gasteiger partial charge in [0.25, 0.3) is 0 Å². The number of unbranched alkanes of at least 4 members (excludes halogenated alkanes) is 54. The zero-order valence-corrected chi connectivity index (χ0v) is 49.4. The van der Waals surface area contributed by atoms with Crippen molar-refractivity contribution < 1.29 is 20.1 Å². The van der Waals surface area contributed by atoms with E-state index in [0.29, 0.717) is 6.42 Å². The van der Waals surface area contributed by atoms with Crippen molar-refractivity contribution in [1.29, 1.82) is 0 Å². The summed E-state index contributed by atoms with van der Waals surface area (Å²) in [5.74, 6) is -0.306. The molecule has 5 heteroatoms. The summed E-state index contributed by atoms with van der Waals surface area (Å²) in [6.07, 6.45) is 80.3. The van der Waals surface area contributed by atoms with Gasteiger partial charge in [0, 0.05) is 0 Å². The van der Waals surface area contributed by atoms with Crippen LogP contribution in [0.25, 0.3) is 0 Å². The van der Waals surface area contributed by atoms with Crippen molar-refractivity contribution in [1.82, 2.24) is 5.32 Å². The molecule has 5 nitrogen and oxygen atoms in total. The van der Waals surface area contributed by atoms with Crippen LogP contribution in [0.4, 0.5) is 0 Å². The summed E-state index contributed by atoms with van der Waals surface area (Å²) < 4.78 is 0. The van der Waals surface area contributed by atoms with Gasteiger partial charge in [-0.15, -0.1) is 0 Å². The van der Waals surface area contributed by atoms with E-state index in [2.05, 4.69) is 19.2 Å². The summed E-state index contributed by atoms with van der Waals surface area (Å²) in [5, 5.41) is 33.6. The quantitative estimate of drug-likeness (QED) is 0.0361. The number of hydrogen-bond acceptors (Lipinski definition) is 4. The van der Waals surface area contributed by atoms with Gasteiger partial charge in [-0.05, 0) is 19.3 Å². The fourth-order valence-electron chi connectivity index (χ4n) is 11.0. The normalized spacial score (nSPS) is 13.1. The Morgan fingerprint density at radius 3 is 0.806 bits per heavy atom. The van der Waals surface area contributed by atoms with Crippen LogP contribution in [0.5, 0.6) is 0 Å². The molecule has 0 rings (SSSR count). The van der Waals surface area contributed by atoms with Crippen molar-refractivity contribution in [3.8, 4) is 0 Å². The van der Waals surface area contributed by atoms with Crippen molar-refractivity contribution in [2.45, 2.75) is 405 Å². The zero-order valence-electron chi connectivity index (χ0n) is 49.4. The van der Waals surface area contributed by atoms with E-state index >= 15 is 0 Å². The number of aliphatic hydroxyl groups is 3. The molecule has 0 heterocycles. The molecule has 0 spiro atoms. The molecule has 430 valence electrons. The highest BCUT2D eigenvalue weighted by Gasteiger charge is 2.20. The van der Waals surface area contributed by atoms with Gasteiger partial charge in [0.05, 0.1) is 31.3 Å². The molecule has 0 saturated carbocycles. The SMILES string of the molecule is CCCCCCCCCCCCCCCCCCCCCC/C=C/C(O)C(CO)NC(=O)CC(O)CCCCCCCCCCCCCCCCCCCCCCCCCCCCCCCCCCCCC. The van der Waals surface area contributed by atoms with Crippen LogP contribution in [-0.2, 0) is 4.79 Å². The molecule has 0 aliphatic heterocycles. The number of nitrogens with one attached hydrogen (secondary N) is 1. The maximum Gasteiger partial charge on any atom is 0.222 e. The van der Waals surface area contributed by atoms with Crippen molar-refractivity contribution in [2.75, 3.05) is 6.61 Å². The van der Waals surface area contributed by atoms with Gasteiger partial charge in [-0.1, -0.05) is 373 Å². The van der Waals surface area contributed by atoms with E-state index in [4.69, 9.17) is 0 Å². The van der Waals surface area contributed by atoms with Crippen LogP contribution in [0, 0.1) is 0 Å². The maximum absolute atomic E-state index is 12.6. The summed E-state index contributed by atoms with van der Waals surface area (Å²) in [7, 11) is 0. The van der Waals surface area contributed by atoms with E-state index in [1.54, 1.807) is 6.08 Å². The first-order valence-electron chi connectivity index (χ1n) is 33.5. The Hall–Kier alpha value is -0.910. The fraction of sp³-hybridized carbons (Fsp3) is 0.955. The molecule has 0 radical (unpaired) electrons. The van der Waals surface area contributed by atoms with Gasteiger partial charge in [0.15, 0.2) is 0 Å². The average molecular weight is 1020 g/mol. The largest absolute Gasteiger partial charge is 0.394 e. The van der Waals surface area contributed by atoms with Crippen molar-refractivity contribution in [3.63, 3.8) is 0 Å². The Morgan fingerprint density at radius 1 is 0.347 bits per heavy atom. The first-order valence-corrected chi connectivity index (χ1v) is 33.5. The van der Waals surface area contributed by atoms with E-state index in [9.17, 15) is 20.1 Å². The Labute approximate surface area is 452 Å². The van der Waals surface area contributed by atoms with E-state index in [1.807, 2.05) is 6.08 Å². The average Bonchev–Trinajstić information content (AvgIpc) is 3.38. The second-order valence-electron chi connectivity index (χ2n) is 23.4. The summed E-state index contributed by atoms with van der Waals surface area (Å²) >= 11 is 0. The molecule has 0 bridgehead atoms. The number of hydrogen-bond donors (Lipinski definition) is 4. The molecule has 72 heavy (non-hydrogen) atoms. The lowest BCUT2D eigenvalue weighted by molar-refractivity contribution is -0.124. The van der Waals surface area contributed by atoms with Gasteiger partial charge < -0.3 is 20.6 Å². The van der Waals surface area contributed by atoms with E-state index in [1.165, 1.54) is 334 Å². The fourth-order valence-corrected chi connectivity index (χ4v) is 11.0. The molecule has 3 unspecified atom stereocenters. The summed E-state index contributed by atoms with van der Waals surface area (Å²) in [5.41, 5.74) is 0. The molecular formula is C67H133NO4. The van der Waals surface area contributed by atoms with Crippen molar-refractivity contribution in [3.05, 3.63) is 12.2 Å². The standard InChI is InChI=1S/C67H133NO4/c1-3-5-7-9-11-13-15-17-19-21-23-25-27-28-29-30-31-32-33-34-35-36-37-38-39-40-42-44-46-48-50-52-54-56-58-60-64(70)62-67(72)68-65(63-69)66(71)61-59-57-55-53-51-49-47-45-43-41-26-24-22-20-18-16-14-12-10-8-6-4-2/h59,61,64-66,69-71H,3-58,60,62-63H2,1-2H3,(H,68,72)/b61-59+. The maximum atomic E-state index is 12.6. The second-order valence-corrected chi connectivity index (χ2v) is 23.4.